The number of para-hydroxylation sites is 2. The Labute approximate surface area is 430 Å². The molecular formula is C48H55ClN14O11. The van der Waals surface area contributed by atoms with Crippen LogP contribution in [0.15, 0.2) is 97.1 Å². The molecule has 0 radical (unpaired) electrons. The third-order valence-corrected chi connectivity index (χ3v) is 9.48. The fourth-order valence-electron chi connectivity index (χ4n) is 5.60. The number of rotatable bonds is 18. The van der Waals surface area contributed by atoms with Crippen LogP contribution in [0.1, 0.15) is 47.8 Å². The molecular weight excluding hydrogens is 984 g/mol. The first-order valence-corrected chi connectivity index (χ1v) is 22.1. The fourth-order valence-corrected chi connectivity index (χ4v) is 5.74. The van der Waals surface area contributed by atoms with E-state index in [2.05, 4.69) is 75.6 Å². The van der Waals surface area contributed by atoms with Crippen molar-refractivity contribution in [2.75, 3.05) is 85.6 Å². The van der Waals surface area contributed by atoms with Gasteiger partial charge in [0.05, 0.1) is 79.4 Å². The number of amides is 1. The van der Waals surface area contributed by atoms with E-state index in [1.165, 1.54) is 56.9 Å². The largest absolute Gasteiger partial charge is 0.467 e. The third kappa shape index (κ3) is 18.8. The Morgan fingerprint density at radius 2 is 0.797 bits per heavy atom. The van der Waals surface area contributed by atoms with E-state index in [9.17, 15) is 14.4 Å². The molecule has 6 N–H and O–H groups in total. The highest BCUT2D eigenvalue weighted by atomic mass is 35.5. The molecule has 1 amide bonds. The van der Waals surface area contributed by atoms with Crippen LogP contribution < -0.4 is 55.4 Å². The van der Waals surface area contributed by atoms with E-state index in [0.717, 1.165) is 23.2 Å². The Hall–Kier alpha value is -9.23. The molecule has 390 valence electrons. The number of esters is 2. The zero-order valence-corrected chi connectivity index (χ0v) is 42.6. The molecule has 3 heterocycles. The van der Waals surface area contributed by atoms with Crippen LogP contribution in [-0.2, 0) is 29.1 Å². The molecule has 0 saturated carbocycles. The minimum atomic E-state index is -0.369. The van der Waals surface area contributed by atoms with Crippen LogP contribution >= 0.6 is 11.6 Å². The summed E-state index contributed by atoms with van der Waals surface area (Å²) in [5.41, 5.74) is 11.6. The molecule has 3 aromatic heterocycles. The average Bonchev–Trinajstić information content (AvgIpc) is 3.44. The van der Waals surface area contributed by atoms with E-state index < -0.39 is 0 Å². The maximum Gasteiger partial charge on any atom is 0.337 e. The van der Waals surface area contributed by atoms with E-state index in [4.69, 9.17) is 45.8 Å². The number of hydrogen-bond acceptors (Lipinski definition) is 24. The molecule has 0 bridgehead atoms. The molecule has 7 aromatic rings. The quantitative estimate of drug-likeness (QED) is 0.0534. The highest BCUT2D eigenvalue weighted by Gasteiger charge is 2.12. The van der Waals surface area contributed by atoms with Crippen LogP contribution in [0.5, 0.6) is 36.1 Å². The van der Waals surface area contributed by atoms with Gasteiger partial charge < -0.3 is 64.9 Å². The van der Waals surface area contributed by atoms with E-state index in [1.807, 2.05) is 55.6 Å². The molecule has 0 unspecified atom stereocenters. The van der Waals surface area contributed by atoms with Crippen LogP contribution in [-0.4, -0.2) is 127 Å². The molecule has 4 aromatic carbocycles. The Kier molecular flexibility index (Phi) is 23.6. The van der Waals surface area contributed by atoms with Crippen molar-refractivity contribution in [2.45, 2.75) is 19.6 Å². The maximum absolute atomic E-state index is 12.4. The zero-order valence-electron chi connectivity index (χ0n) is 41.8. The Morgan fingerprint density at radius 1 is 0.459 bits per heavy atom. The van der Waals surface area contributed by atoms with Crippen LogP contribution in [0, 0.1) is 0 Å². The predicted octanol–water partition coefficient (Wildman–Crippen LogP) is 5.36. The monoisotopic (exact) mass is 1040 g/mol. The smallest absolute Gasteiger partial charge is 0.337 e. The van der Waals surface area contributed by atoms with Crippen LogP contribution in [0.2, 0.25) is 5.28 Å². The standard InChI is InChI=1S/C19H20N6O3.C14H16N4O4.C10H13NO2.C5H6ClN3O2/c1-27-18-23-17(24-19(25-18)28-2)21-11-12-7-9-13(10-8-12)16(26)22-15-6-4-3-5-14(15)20;1-20-11(19)10-6-4-9(5-7-10)8-15-12-16-13(21-2)18-14(17-12)22-3;1-11-7-8-3-5-9(6-4-8)10(12)13-2;1-10-4-7-3(6)8-5(9-4)11-2/h3-10H,11,20H2,1-2H3,(H,22,26)(H,21,23,24,25);4-7H,8H2,1-3H3,(H,15,16,17,18);3-6,11H,7H2,1-2H3;1-2H3. The second-order valence-electron chi connectivity index (χ2n) is 14.2. The highest BCUT2D eigenvalue weighted by molar-refractivity contribution is 6.28. The van der Waals surface area contributed by atoms with Crippen molar-refractivity contribution in [3.8, 4) is 36.1 Å². The molecule has 26 heteroatoms. The molecule has 0 aliphatic heterocycles. The number of anilines is 4. The number of carbonyl (C=O) groups excluding carboxylic acids is 3. The Balaban J connectivity index is 0.000000228. The third-order valence-electron chi connectivity index (χ3n) is 9.31. The summed E-state index contributed by atoms with van der Waals surface area (Å²) in [4.78, 5) is 69.9. The normalized spacial score (nSPS) is 9.92. The van der Waals surface area contributed by atoms with Gasteiger partial charge in [-0.1, -0.05) is 48.5 Å². The number of nitrogen functional groups attached to an aromatic ring is 1. The van der Waals surface area contributed by atoms with Gasteiger partial charge in [-0.25, -0.2) is 9.59 Å². The summed E-state index contributed by atoms with van der Waals surface area (Å²) in [5, 5.41) is 12.0. The van der Waals surface area contributed by atoms with Crippen molar-refractivity contribution >= 4 is 52.7 Å². The van der Waals surface area contributed by atoms with Crippen molar-refractivity contribution in [3.63, 3.8) is 0 Å². The Bertz CT molecular complexity index is 2800. The van der Waals surface area contributed by atoms with E-state index in [-0.39, 0.29) is 59.2 Å². The number of carbonyl (C=O) groups is 3. The molecule has 25 nitrogen and oxygen atoms in total. The van der Waals surface area contributed by atoms with Gasteiger partial charge in [0.15, 0.2) is 0 Å². The molecule has 0 aliphatic rings. The number of benzene rings is 4. The minimum Gasteiger partial charge on any atom is -0.467 e. The SMILES string of the molecule is CNCc1ccc(C(=O)OC)cc1.COC(=O)c1ccc(CNc2nc(OC)nc(OC)n2)cc1.COc1nc(Cl)nc(OC)n1.COc1nc(NCc2ccc(C(=O)Nc3ccccc3N)cc2)nc(OC)n1. The van der Waals surface area contributed by atoms with Crippen LogP contribution in [0.25, 0.3) is 0 Å². The number of nitrogens with two attached hydrogens (primary N) is 1. The van der Waals surface area contributed by atoms with Crippen LogP contribution in [0.4, 0.5) is 23.3 Å². The van der Waals surface area contributed by atoms with Gasteiger partial charge in [0, 0.05) is 25.2 Å². The molecule has 7 rings (SSSR count). The maximum atomic E-state index is 12.4. The van der Waals surface area contributed by atoms with E-state index >= 15 is 0 Å². The molecule has 0 atom stereocenters. The number of methoxy groups -OCH3 is 8. The summed E-state index contributed by atoms with van der Waals surface area (Å²) in [6.45, 7) is 1.73. The number of nitrogens with one attached hydrogen (secondary N) is 4. The van der Waals surface area contributed by atoms with Crippen molar-refractivity contribution < 1.29 is 52.3 Å². The first-order chi connectivity index (χ1) is 35.8. The predicted molar refractivity (Wildman–Crippen MR) is 272 cm³/mol. The topological polar surface area (TPSA) is 315 Å². The van der Waals surface area contributed by atoms with E-state index in [1.54, 1.807) is 48.5 Å². The second kappa shape index (κ2) is 30.5. The van der Waals surface area contributed by atoms with Crippen molar-refractivity contribution in [2.24, 2.45) is 0 Å². The fraction of sp³-hybridized carbons (Fsp3) is 0.250. The number of aromatic nitrogens is 9. The number of hydrogen-bond donors (Lipinski definition) is 5. The molecule has 0 fully saturated rings. The van der Waals surface area contributed by atoms with Crippen LogP contribution in [0.3, 0.4) is 0 Å². The molecule has 0 saturated heterocycles. The summed E-state index contributed by atoms with van der Waals surface area (Å²) in [6, 6.07) is 29.5. The highest BCUT2D eigenvalue weighted by Crippen LogP contribution is 2.19. The molecule has 74 heavy (non-hydrogen) atoms. The van der Waals surface area contributed by atoms with Gasteiger partial charge in [0.2, 0.25) is 17.2 Å². The van der Waals surface area contributed by atoms with Gasteiger partial charge >= 0.3 is 48.0 Å². The summed E-state index contributed by atoms with van der Waals surface area (Å²) in [6.07, 6.45) is 0. The van der Waals surface area contributed by atoms with Gasteiger partial charge in [-0.3, -0.25) is 4.79 Å². The first-order valence-electron chi connectivity index (χ1n) is 21.7. The molecule has 0 aliphatic carbocycles. The lowest BCUT2D eigenvalue weighted by Gasteiger charge is -2.09. The lowest BCUT2D eigenvalue weighted by Crippen LogP contribution is -2.13. The summed E-state index contributed by atoms with van der Waals surface area (Å²) < 4.78 is 38.6. The lowest BCUT2D eigenvalue weighted by molar-refractivity contribution is 0.0592. The minimum absolute atomic E-state index is 0.0497. The van der Waals surface area contributed by atoms with Gasteiger partial charge in [0.1, 0.15) is 0 Å². The summed E-state index contributed by atoms with van der Waals surface area (Å²) >= 11 is 5.49. The summed E-state index contributed by atoms with van der Waals surface area (Å²) in [7, 11) is 13.3. The number of nitrogens with zero attached hydrogens (tertiary/aromatic N) is 9. The van der Waals surface area contributed by atoms with Crippen molar-refractivity contribution in [1.82, 2.24) is 50.2 Å². The van der Waals surface area contributed by atoms with E-state index in [0.29, 0.717) is 53.1 Å². The average molecular weight is 1040 g/mol. The summed E-state index contributed by atoms with van der Waals surface area (Å²) in [5.74, 6) is -0.238. The van der Waals surface area contributed by atoms with Gasteiger partial charge in [-0.05, 0) is 83.9 Å². The van der Waals surface area contributed by atoms with Gasteiger partial charge in [0.25, 0.3) is 5.91 Å². The van der Waals surface area contributed by atoms with Crippen molar-refractivity contribution in [1.29, 1.82) is 0 Å². The van der Waals surface area contributed by atoms with Gasteiger partial charge in [-0.2, -0.15) is 29.9 Å². The zero-order chi connectivity index (χ0) is 53.8. The number of halogens is 1. The molecule has 0 spiro atoms. The van der Waals surface area contributed by atoms with Crippen molar-refractivity contribution in [3.05, 3.63) is 136 Å². The lowest BCUT2D eigenvalue weighted by atomic mass is 10.1. The number of ether oxygens (including phenoxy) is 8. The first kappa shape index (κ1) is 57.3. The van der Waals surface area contributed by atoms with Gasteiger partial charge in [-0.15, -0.1) is 15.0 Å². The Morgan fingerprint density at radius 3 is 1.14 bits per heavy atom. The second-order valence-corrected chi connectivity index (χ2v) is 14.5.